The van der Waals surface area contributed by atoms with Crippen molar-refractivity contribution in [2.24, 2.45) is 4.99 Å². The van der Waals surface area contributed by atoms with E-state index in [2.05, 4.69) is 4.99 Å². The van der Waals surface area contributed by atoms with Gasteiger partial charge in [-0.3, -0.25) is 0 Å². The molecule has 3 rings (SSSR count). The van der Waals surface area contributed by atoms with Crippen LogP contribution in [0.1, 0.15) is 37.7 Å². The van der Waals surface area contributed by atoms with Gasteiger partial charge in [0.1, 0.15) is 6.26 Å². The van der Waals surface area contributed by atoms with Crippen LogP contribution in [0, 0.1) is 0 Å². The fourth-order valence-corrected chi connectivity index (χ4v) is 2.41. The number of hydrogen-bond donors (Lipinski definition) is 0. The summed E-state index contributed by atoms with van der Waals surface area (Å²) >= 11 is 0. The molecule has 1 aromatic rings. The average Bonchev–Trinajstić information content (AvgIpc) is 2.90. The van der Waals surface area contributed by atoms with Gasteiger partial charge in [-0.15, -0.1) is 0 Å². The Balaban J connectivity index is 1.93. The lowest BCUT2D eigenvalue weighted by Gasteiger charge is -2.25. The molecule has 1 fully saturated rings. The van der Waals surface area contributed by atoms with Gasteiger partial charge in [-0.2, -0.15) is 0 Å². The number of esters is 1. The van der Waals surface area contributed by atoms with Crippen molar-refractivity contribution in [2.75, 3.05) is 0 Å². The van der Waals surface area contributed by atoms with E-state index in [-0.39, 0.29) is 5.97 Å². The van der Waals surface area contributed by atoms with Crippen molar-refractivity contribution in [1.29, 1.82) is 0 Å². The van der Waals surface area contributed by atoms with E-state index in [0.717, 1.165) is 31.2 Å². The summed E-state index contributed by atoms with van der Waals surface area (Å²) in [7, 11) is 0. The van der Waals surface area contributed by atoms with Crippen LogP contribution >= 0.6 is 0 Å². The van der Waals surface area contributed by atoms with Crippen LogP contribution in [0.4, 0.5) is 0 Å². The highest BCUT2D eigenvalue weighted by Crippen LogP contribution is 2.37. The minimum absolute atomic E-state index is 0.191. The highest BCUT2D eigenvalue weighted by atomic mass is 16.6. The molecule has 2 aliphatic rings. The molecular formula is C12H13NO3. The molecule has 0 atom stereocenters. The number of hydrogen-bond acceptors (Lipinski definition) is 4. The van der Waals surface area contributed by atoms with Crippen molar-refractivity contribution in [2.45, 2.75) is 37.6 Å². The molecule has 0 N–H and O–H groups in total. The first kappa shape index (κ1) is 9.63. The molecule has 0 unspecified atom stereocenters. The van der Waals surface area contributed by atoms with Crippen molar-refractivity contribution >= 4 is 11.9 Å². The van der Waals surface area contributed by atoms with Gasteiger partial charge in [0.2, 0.25) is 5.90 Å². The van der Waals surface area contributed by atoms with E-state index >= 15 is 0 Å². The van der Waals surface area contributed by atoms with Crippen molar-refractivity contribution in [3.8, 4) is 0 Å². The van der Waals surface area contributed by atoms with Crippen molar-refractivity contribution in [1.82, 2.24) is 0 Å². The van der Waals surface area contributed by atoms with Crippen LogP contribution in [0.5, 0.6) is 0 Å². The highest BCUT2D eigenvalue weighted by molar-refractivity contribution is 6.07. The summed E-state index contributed by atoms with van der Waals surface area (Å²) < 4.78 is 10.2. The molecule has 0 bridgehead atoms. The van der Waals surface area contributed by atoms with Gasteiger partial charge >= 0.3 is 5.97 Å². The van der Waals surface area contributed by atoms with Crippen LogP contribution in [0.15, 0.2) is 28.0 Å². The Labute approximate surface area is 93.3 Å². The van der Waals surface area contributed by atoms with Gasteiger partial charge in [-0.25, -0.2) is 9.79 Å². The molecule has 2 heterocycles. The number of nitrogens with zero attached hydrogens (tertiary/aromatic N) is 1. The van der Waals surface area contributed by atoms with Crippen LogP contribution < -0.4 is 0 Å². The summed E-state index contributed by atoms with van der Waals surface area (Å²) in [5.41, 5.74) is 0.154. The lowest BCUT2D eigenvalue weighted by Crippen LogP contribution is -2.35. The molecular weight excluding hydrogens is 206 g/mol. The Morgan fingerprint density at radius 2 is 2.06 bits per heavy atom. The third kappa shape index (κ3) is 1.37. The van der Waals surface area contributed by atoms with Crippen LogP contribution in [-0.2, 0) is 9.53 Å². The Morgan fingerprint density at radius 3 is 2.75 bits per heavy atom. The van der Waals surface area contributed by atoms with Gasteiger partial charge < -0.3 is 9.15 Å². The third-order valence-electron chi connectivity index (χ3n) is 3.33. The van der Waals surface area contributed by atoms with E-state index in [1.807, 2.05) is 0 Å². The topological polar surface area (TPSA) is 51.8 Å². The summed E-state index contributed by atoms with van der Waals surface area (Å²) in [6, 6.07) is 1.76. The van der Waals surface area contributed by atoms with Crippen LogP contribution in [0.25, 0.3) is 0 Å². The summed E-state index contributed by atoms with van der Waals surface area (Å²) in [6.45, 7) is 0. The van der Waals surface area contributed by atoms with Crippen LogP contribution in [-0.4, -0.2) is 17.4 Å². The third-order valence-corrected chi connectivity index (χ3v) is 3.33. The Morgan fingerprint density at radius 1 is 1.25 bits per heavy atom. The molecule has 0 amide bonds. The zero-order valence-corrected chi connectivity index (χ0v) is 8.94. The molecule has 0 radical (unpaired) electrons. The normalized spacial score (nSPS) is 23.2. The molecule has 1 spiro atoms. The van der Waals surface area contributed by atoms with E-state index in [1.54, 1.807) is 18.6 Å². The Bertz CT molecular complexity index is 427. The van der Waals surface area contributed by atoms with Crippen LogP contribution in [0.2, 0.25) is 0 Å². The first-order valence-electron chi connectivity index (χ1n) is 5.65. The molecule has 1 saturated carbocycles. The second-order valence-electron chi connectivity index (χ2n) is 4.41. The lowest BCUT2D eigenvalue weighted by molar-refractivity contribution is -0.140. The van der Waals surface area contributed by atoms with Crippen molar-refractivity contribution in [3.63, 3.8) is 0 Å². The molecule has 16 heavy (non-hydrogen) atoms. The van der Waals surface area contributed by atoms with E-state index < -0.39 is 5.54 Å². The standard InChI is InChI=1S/C12H13NO3/c14-11-12(5-2-1-3-6-12)13-10(16-11)9-4-7-15-8-9/h4,7-8H,1-3,5-6H2. The number of aliphatic imine (C=N–C) groups is 1. The zero-order chi connectivity index (χ0) is 11.0. The summed E-state index contributed by atoms with van der Waals surface area (Å²) in [4.78, 5) is 16.4. The number of rotatable bonds is 1. The molecule has 84 valence electrons. The van der Waals surface area contributed by atoms with Crippen LogP contribution in [0.3, 0.4) is 0 Å². The highest BCUT2D eigenvalue weighted by Gasteiger charge is 2.46. The summed E-state index contributed by atoms with van der Waals surface area (Å²) in [5, 5.41) is 0. The van der Waals surface area contributed by atoms with Gasteiger partial charge in [-0.05, 0) is 18.9 Å². The van der Waals surface area contributed by atoms with Crippen molar-refractivity contribution in [3.05, 3.63) is 24.2 Å². The van der Waals surface area contributed by atoms with Gasteiger partial charge in [-0.1, -0.05) is 19.3 Å². The maximum Gasteiger partial charge on any atom is 0.340 e. The van der Waals surface area contributed by atoms with Gasteiger partial charge in [0, 0.05) is 0 Å². The second kappa shape index (κ2) is 3.47. The predicted molar refractivity (Wildman–Crippen MR) is 57.2 cm³/mol. The number of furan rings is 1. The Kier molecular flexibility index (Phi) is 2.09. The molecule has 1 aliphatic heterocycles. The lowest BCUT2D eigenvalue weighted by atomic mass is 9.83. The number of cyclic esters (lactones) is 1. The monoisotopic (exact) mass is 219 g/mol. The summed E-state index contributed by atoms with van der Waals surface area (Å²) in [5.74, 6) is 0.226. The maximum absolute atomic E-state index is 11.9. The minimum atomic E-state index is -0.592. The van der Waals surface area contributed by atoms with Gasteiger partial charge in [0.15, 0.2) is 5.54 Å². The minimum Gasteiger partial charge on any atom is -0.472 e. The smallest absolute Gasteiger partial charge is 0.340 e. The number of ether oxygens (including phenoxy) is 1. The fourth-order valence-electron chi connectivity index (χ4n) is 2.41. The second-order valence-corrected chi connectivity index (χ2v) is 4.41. The van der Waals surface area contributed by atoms with Gasteiger partial charge in [0.25, 0.3) is 0 Å². The average molecular weight is 219 g/mol. The molecule has 1 aliphatic carbocycles. The first-order valence-corrected chi connectivity index (χ1v) is 5.65. The SMILES string of the molecule is O=C1OC(c2ccoc2)=NC12CCCCC2. The van der Waals surface area contributed by atoms with E-state index in [0.29, 0.717) is 5.90 Å². The molecule has 4 heteroatoms. The molecule has 4 nitrogen and oxygen atoms in total. The fraction of sp³-hybridized carbons (Fsp3) is 0.500. The van der Waals surface area contributed by atoms with E-state index in [9.17, 15) is 4.79 Å². The molecule has 1 aromatic heterocycles. The van der Waals surface area contributed by atoms with E-state index in [1.165, 1.54) is 6.42 Å². The maximum atomic E-state index is 11.9. The number of carbonyl (C=O) groups excluding carboxylic acids is 1. The van der Waals surface area contributed by atoms with E-state index in [4.69, 9.17) is 9.15 Å². The largest absolute Gasteiger partial charge is 0.472 e. The Hall–Kier alpha value is -1.58. The van der Waals surface area contributed by atoms with Crippen molar-refractivity contribution < 1.29 is 13.9 Å². The first-order chi connectivity index (χ1) is 7.80. The molecule has 0 aromatic carbocycles. The predicted octanol–water partition coefficient (Wildman–Crippen LogP) is 2.29. The zero-order valence-electron chi connectivity index (χ0n) is 8.94. The molecule has 0 saturated heterocycles. The number of carbonyl (C=O) groups is 1. The quantitative estimate of drug-likeness (QED) is 0.681. The van der Waals surface area contributed by atoms with Gasteiger partial charge in [0.05, 0.1) is 11.8 Å². The summed E-state index contributed by atoms with van der Waals surface area (Å²) in [6.07, 6.45) is 8.02.